The van der Waals surface area contributed by atoms with Crippen LogP contribution in [0.2, 0.25) is 0 Å². The van der Waals surface area contributed by atoms with Crippen LogP contribution in [-0.2, 0) is 11.2 Å². The molecule has 3 nitrogen and oxygen atoms in total. The molecule has 0 amide bonds. The Hall–Kier alpha value is -1.20. The summed E-state index contributed by atoms with van der Waals surface area (Å²) in [4.78, 5) is 1.29. The van der Waals surface area contributed by atoms with Crippen molar-refractivity contribution in [2.45, 2.75) is 25.5 Å². The van der Waals surface area contributed by atoms with Gasteiger partial charge >= 0.3 is 0 Å². The van der Waals surface area contributed by atoms with E-state index in [0.29, 0.717) is 0 Å². The molecule has 2 atom stereocenters. The lowest BCUT2D eigenvalue weighted by Crippen LogP contribution is -2.35. The predicted molar refractivity (Wildman–Crippen MR) is 78.0 cm³/mol. The molecule has 3 rings (SSSR count). The maximum absolute atomic E-state index is 5.98. The molecule has 2 unspecified atom stereocenters. The van der Waals surface area contributed by atoms with Gasteiger partial charge in [0.1, 0.15) is 6.10 Å². The van der Waals surface area contributed by atoms with Gasteiger partial charge in [-0.25, -0.2) is 5.43 Å². The van der Waals surface area contributed by atoms with Gasteiger partial charge in [0.2, 0.25) is 0 Å². The fraction of sp³-hybridized carbons (Fsp3) is 0.333. The number of rotatable bonds is 3. The maximum Gasteiger partial charge on any atom is 0.104 e. The third-order valence-corrected chi connectivity index (χ3v) is 4.50. The Labute approximate surface area is 117 Å². The fourth-order valence-corrected chi connectivity index (χ4v) is 3.43. The Morgan fingerprint density at radius 1 is 1.42 bits per heavy atom. The monoisotopic (exact) mass is 274 g/mol. The average molecular weight is 274 g/mol. The van der Waals surface area contributed by atoms with E-state index in [2.05, 4.69) is 48.1 Å². The molecule has 0 saturated heterocycles. The Bertz CT molecular complexity index is 567. The molecule has 3 N–H and O–H groups in total. The normalized spacial score (nSPS) is 20.0. The van der Waals surface area contributed by atoms with Crippen LogP contribution >= 0.6 is 11.3 Å². The standard InChI is InChI=1S/C15H18N2OS/c1-10-8-12(9-19-10)14(17-16)15-13-5-3-2-4-11(13)6-7-18-15/h2-5,8-9,14-15,17H,6-7,16H2,1H3. The van der Waals surface area contributed by atoms with Crippen LogP contribution in [-0.4, -0.2) is 6.61 Å². The molecule has 0 spiro atoms. The Morgan fingerprint density at radius 3 is 3.00 bits per heavy atom. The van der Waals surface area contributed by atoms with E-state index < -0.39 is 0 Å². The van der Waals surface area contributed by atoms with Gasteiger partial charge in [0.15, 0.2) is 0 Å². The molecule has 1 aliphatic heterocycles. The number of aryl methyl sites for hydroxylation is 1. The summed E-state index contributed by atoms with van der Waals surface area (Å²) < 4.78 is 5.98. The summed E-state index contributed by atoms with van der Waals surface area (Å²) in [6.45, 7) is 2.86. The molecule has 0 bridgehead atoms. The van der Waals surface area contributed by atoms with Crippen LogP contribution in [0.3, 0.4) is 0 Å². The van der Waals surface area contributed by atoms with Gasteiger partial charge in [-0.2, -0.15) is 0 Å². The zero-order valence-electron chi connectivity index (χ0n) is 10.9. The second kappa shape index (κ2) is 5.43. The molecule has 1 aromatic heterocycles. The number of thiophene rings is 1. The van der Waals surface area contributed by atoms with E-state index >= 15 is 0 Å². The summed E-state index contributed by atoms with van der Waals surface area (Å²) in [6.07, 6.45) is 0.969. The predicted octanol–water partition coefficient (Wildman–Crippen LogP) is 2.87. The van der Waals surface area contributed by atoms with Crippen LogP contribution in [0.15, 0.2) is 35.7 Å². The number of nitrogens with two attached hydrogens (primary N) is 1. The van der Waals surface area contributed by atoms with Crippen LogP contribution in [0.5, 0.6) is 0 Å². The fourth-order valence-electron chi connectivity index (χ4n) is 2.69. The third-order valence-electron chi connectivity index (χ3n) is 3.62. The highest BCUT2D eigenvalue weighted by molar-refractivity contribution is 7.10. The van der Waals surface area contributed by atoms with E-state index in [0.717, 1.165) is 13.0 Å². The highest BCUT2D eigenvalue weighted by atomic mass is 32.1. The van der Waals surface area contributed by atoms with E-state index in [4.69, 9.17) is 10.6 Å². The molecule has 1 aromatic carbocycles. The number of nitrogens with one attached hydrogen (secondary N) is 1. The van der Waals surface area contributed by atoms with Crippen molar-refractivity contribution in [3.05, 3.63) is 57.3 Å². The highest BCUT2D eigenvalue weighted by Gasteiger charge is 2.29. The van der Waals surface area contributed by atoms with Crippen molar-refractivity contribution in [2.75, 3.05) is 6.61 Å². The molecular weight excluding hydrogens is 256 g/mol. The second-order valence-corrected chi connectivity index (χ2v) is 5.99. The summed E-state index contributed by atoms with van der Waals surface area (Å²) in [7, 11) is 0. The van der Waals surface area contributed by atoms with Crippen LogP contribution in [0.4, 0.5) is 0 Å². The smallest absolute Gasteiger partial charge is 0.104 e. The summed E-state index contributed by atoms with van der Waals surface area (Å²) in [5.41, 5.74) is 6.74. The third kappa shape index (κ3) is 2.44. The van der Waals surface area contributed by atoms with Crippen LogP contribution in [0.25, 0.3) is 0 Å². The van der Waals surface area contributed by atoms with Gasteiger partial charge in [0, 0.05) is 4.88 Å². The molecule has 0 radical (unpaired) electrons. The Morgan fingerprint density at radius 2 is 2.26 bits per heavy atom. The number of hydrogen-bond donors (Lipinski definition) is 2. The first-order valence-electron chi connectivity index (χ1n) is 6.50. The van der Waals surface area contributed by atoms with Crippen LogP contribution in [0.1, 0.15) is 33.7 Å². The lowest BCUT2D eigenvalue weighted by atomic mass is 9.91. The molecule has 4 heteroatoms. The summed E-state index contributed by atoms with van der Waals surface area (Å²) in [5, 5.41) is 2.15. The van der Waals surface area contributed by atoms with Crippen molar-refractivity contribution < 1.29 is 4.74 Å². The lowest BCUT2D eigenvalue weighted by Gasteiger charge is -2.32. The molecule has 0 fully saturated rings. The number of ether oxygens (including phenoxy) is 1. The van der Waals surface area contributed by atoms with Crippen molar-refractivity contribution in [3.8, 4) is 0 Å². The van der Waals surface area contributed by atoms with Crippen LogP contribution < -0.4 is 11.3 Å². The molecule has 19 heavy (non-hydrogen) atoms. The van der Waals surface area contributed by atoms with Crippen molar-refractivity contribution in [3.63, 3.8) is 0 Å². The largest absolute Gasteiger partial charge is 0.371 e. The first-order chi connectivity index (χ1) is 9.29. The van der Waals surface area contributed by atoms with Gasteiger partial charge in [-0.1, -0.05) is 24.3 Å². The molecule has 2 heterocycles. The molecule has 1 aliphatic rings. The maximum atomic E-state index is 5.98. The Kier molecular flexibility index (Phi) is 3.66. The quantitative estimate of drug-likeness (QED) is 0.668. The molecule has 2 aromatic rings. The SMILES string of the molecule is Cc1cc(C(NN)C2OCCc3ccccc32)cs1. The Balaban J connectivity index is 1.97. The number of hydrogen-bond acceptors (Lipinski definition) is 4. The van der Waals surface area contributed by atoms with Gasteiger partial charge in [-0.3, -0.25) is 5.84 Å². The molecular formula is C15H18N2OS. The number of benzene rings is 1. The lowest BCUT2D eigenvalue weighted by molar-refractivity contribution is 0.0148. The van der Waals surface area contributed by atoms with E-state index in [1.807, 2.05) is 0 Å². The van der Waals surface area contributed by atoms with Gasteiger partial charge in [-0.15, -0.1) is 11.3 Å². The number of hydrazine groups is 1. The van der Waals surface area contributed by atoms with Crippen molar-refractivity contribution in [1.82, 2.24) is 5.43 Å². The number of fused-ring (bicyclic) bond motifs is 1. The van der Waals surface area contributed by atoms with Gasteiger partial charge < -0.3 is 4.74 Å². The van der Waals surface area contributed by atoms with Gasteiger partial charge in [0.05, 0.1) is 12.6 Å². The van der Waals surface area contributed by atoms with E-state index in [1.165, 1.54) is 21.6 Å². The highest BCUT2D eigenvalue weighted by Crippen LogP contribution is 2.37. The molecule has 0 saturated carbocycles. The molecule has 0 aliphatic carbocycles. The first kappa shape index (κ1) is 12.8. The van der Waals surface area contributed by atoms with Crippen molar-refractivity contribution >= 4 is 11.3 Å². The zero-order valence-corrected chi connectivity index (χ0v) is 11.7. The minimum absolute atomic E-state index is 0.00593. The topological polar surface area (TPSA) is 47.3 Å². The second-order valence-electron chi connectivity index (χ2n) is 4.88. The summed E-state index contributed by atoms with van der Waals surface area (Å²) in [6, 6.07) is 10.6. The van der Waals surface area contributed by atoms with E-state index in [-0.39, 0.29) is 12.1 Å². The summed E-state index contributed by atoms with van der Waals surface area (Å²) >= 11 is 1.74. The van der Waals surface area contributed by atoms with Gasteiger partial charge in [-0.05, 0) is 41.5 Å². The first-order valence-corrected chi connectivity index (χ1v) is 7.38. The van der Waals surface area contributed by atoms with Crippen molar-refractivity contribution in [2.24, 2.45) is 5.84 Å². The minimum atomic E-state index is -0.0102. The van der Waals surface area contributed by atoms with E-state index in [9.17, 15) is 0 Å². The van der Waals surface area contributed by atoms with Crippen molar-refractivity contribution in [1.29, 1.82) is 0 Å². The van der Waals surface area contributed by atoms with E-state index in [1.54, 1.807) is 11.3 Å². The molecule has 100 valence electrons. The minimum Gasteiger partial charge on any atom is -0.371 e. The average Bonchev–Trinajstić information content (AvgIpc) is 2.86. The zero-order chi connectivity index (χ0) is 13.2. The van der Waals surface area contributed by atoms with Crippen LogP contribution in [0, 0.1) is 6.92 Å². The van der Waals surface area contributed by atoms with Gasteiger partial charge in [0.25, 0.3) is 0 Å². The summed E-state index contributed by atoms with van der Waals surface area (Å²) in [5.74, 6) is 5.78.